The highest BCUT2D eigenvalue weighted by atomic mass is 35.5. The fourth-order valence-corrected chi connectivity index (χ4v) is 3.74. The monoisotopic (exact) mass is 397 g/mol. The average Bonchev–Trinajstić information content (AvgIpc) is 3.14. The summed E-state index contributed by atoms with van der Waals surface area (Å²) in [5.74, 6) is 0.813. The number of nitrogens with zero attached hydrogens (tertiary/aromatic N) is 4. The number of piperazine rings is 1. The van der Waals surface area contributed by atoms with Crippen LogP contribution >= 0.6 is 11.6 Å². The maximum absolute atomic E-state index is 11.4. The van der Waals surface area contributed by atoms with Gasteiger partial charge in [-0.3, -0.25) is 10.1 Å². The molecular formula is C20H20ClN5O2. The molecule has 1 aromatic carbocycles. The molecule has 0 aliphatic carbocycles. The Morgan fingerprint density at radius 2 is 1.86 bits per heavy atom. The molecule has 0 bridgehead atoms. The van der Waals surface area contributed by atoms with Gasteiger partial charge >= 0.3 is 6.09 Å². The Hall–Kier alpha value is -3.06. The van der Waals surface area contributed by atoms with Gasteiger partial charge in [-0.25, -0.2) is 4.79 Å². The number of pyridine rings is 1. The number of hydrogen-bond acceptors (Lipinski definition) is 4. The van der Waals surface area contributed by atoms with Crippen LogP contribution in [0.5, 0.6) is 0 Å². The van der Waals surface area contributed by atoms with E-state index < -0.39 is 6.09 Å². The summed E-state index contributed by atoms with van der Waals surface area (Å²) in [6, 6.07) is 11.4. The second-order valence-corrected chi connectivity index (χ2v) is 7.25. The van der Waals surface area contributed by atoms with Crippen LogP contribution in [-0.2, 0) is 0 Å². The first-order valence-electron chi connectivity index (χ1n) is 9.04. The number of halogens is 1. The third-order valence-corrected chi connectivity index (χ3v) is 5.27. The van der Waals surface area contributed by atoms with Gasteiger partial charge in [-0.2, -0.15) is 5.10 Å². The van der Waals surface area contributed by atoms with E-state index in [4.69, 9.17) is 11.6 Å². The number of carbonyl (C=O) groups is 1. The summed E-state index contributed by atoms with van der Waals surface area (Å²) in [6.07, 6.45) is 2.62. The Balaban J connectivity index is 1.76. The van der Waals surface area contributed by atoms with Gasteiger partial charge in [0.25, 0.3) is 0 Å². The fourth-order valence-electron chi connectivity index (χ4n) is 3.61. The molecule has 0 saturated carbocycles. The third-order valence-electron chi connectivity index (χ3n) is 5.02. The molecule has 0 radical (unpaired) electrons. The standard InChI is InChI=1S/C20H20ClN5O2/c1-13-12-25(10-11-26(13)20(27)28)19-17(14-6-8-22-9-7-14)18(23-24-19)15-2-4-16(21)5-3-15/h2-9,13H,10-12H2,1H3,(H,23,24)(H,27,28). The molecule has 144 valence electrons. The van der Waals surface area contributed by atoms with Crippen molar-refractivity contribution in [1.29, 1.82) is 0 Å². The van der Waals surface area contributed by atoms with Gasteiger partial charge in [-0.15, -0.1) is 0 Å². The van der Waals surface area contributed by atoms with Crippen molar-refractivity contribution in [2.75, 3.05) is 24.5 Å². The van der Waals surface area contributed by atoms with Crippen molar-refractivity contribution in [1.82, 2.24) is 20.1 Å². The molecular weight excluding hydrogens is 378 g/mol. The quantitative estimate of drug-likeness (QED) is 0.698. The van der Waals surface area contributed by atoms with Crippen molar-refractivity contribution in [2.45, 2.75) is 13.0 Å². The first kappa shape index (κ1) is 18.3. The smallest absolute Gasteiger partial charge is 0.407 e. The normalized spacial score (nSPS) is 17.0. The number of H-pyrrole nitrogens is 1. The number of rotatable bonds is 3. The van der Waals surface area contributed by atoms with Crippen LogP contribution in [0.15, 0.2) is 48.8 Å². The molecule has 1 aliphatic heterocycles. The van der Waals surface area contributed by atoms with Crippen LogP contribution in [-0.4, -0.2) is 57.0 Å². The summed E-state index contributed by atoms with van der Waals surface area (Å²) < 4.78 is 0. The Bertz CT molecular complexity index is 974. The van der Waals surface area contributed by atoms with Crippen molar-refractivity contribution >= 4 is 23.5 Å². The minimum absolute atomic E-state index is 0.118. The Labute approximate surface area is 167 Å². The van der Waals surface area contributed by atoms with E-state index in [1.165, 1.54) is 4.90 Å². The van der Waals surface area contributed by atoms with Gasteiger partial charge in [-0.1, -0.05) is 23.7 Å². The van der Waals surface area contributed by atoms with Gasteiger partial charge in [0.05, 0.1) is 11.3 Å². The van der Waals surface area contributed by atoms with Gasteiger partial charge in [0, 0.05) is 48.7 Å². The van der Waals surface area contributed by atoms with E-state index in [0.717, 1.165) is 28.2 Å². The molecule has 0 spiro atoms. The number of anilines is 1. The number of aromatic nitrogens is 3. The van der Waals surface area contributed by atoms with Crippen LogP contribution in [0.2, 0.25) is 5.02 Å². The van der Waals surface area contributed by atoms with Crippen LogP contribution in [0.3, 0.4) is 0 Å². The van der Waals surface area contributed by atoms with E-state index in [9.17, 15) is 9.90 Å². The van der Waals surface area contributed by atoms with Crippen LogP contribution in [0, 0.1) is 0 Å². The van der Waals surface area contributed by atoms with Crippen molar-refractivity contribution in [2.24, 2.45) is 0 Å². The topological polar surface area (TPSA) is 85.4 Å². The minimum atomic E-state index is -0.884. The molecule has 7 nitrogen and oxygen atoms in total. The maximum atomic E-state index is 11.4. The van der Waals surface area contributed by atoms with Crippen LogP contribution in [0.25, 0.3) is 22.4 Å². The molecule has 1 unspecified atom stereocenters. The fraction of sp³-hybridized carbons (Fsp3) is 0.250. The van der Waals surface area contributed by atoms with Crippen molar-refractivity contribution in [3.8, 4) is 22.4 Å². The highest BCUT2D eigenvalue weighted by Gasteiger charge is 2.30. The molecule has 8 heteroatoms. The largest absolute Gasteiger partial charge is 0.465 e. The van der Waals surface area contributed by atoms with Crippen LogP contribution in [0.4, 0.5) is 10.6 Å². The van der Waals surface area contributed by atoms with Crippen LogP contribution < -0.4 is 4.90 Å². The Kier molecular flexibility index (Phi) is 4.92. The molecule has 3 aromatic rings. The lowest BCUT2D eigenvalue weighted by Crippen LogP contribution is -2.54. The third kappa shape index (κ3) is 3.41. The average molecular weight is 398 g/mol. The highest BCUT2D eigenvalue weighted by Crippen LogP contribution is 2.38. The van der Waals surface area contributed by atoms with Gasteiger partial charge in [0.15, 0.2) is 5.82 Å². The van der Waals surface area contributed by atoms with Crippen LogP contribution in [0.1, 0.15) is 6.92 Å². The first-order valence-corrected chi connectivity index (χ1v) is 9.41. The zero-order valence-corrected chi connectivity index (χ0v) is 16.1. The van der Waals surface area contributed by atoms with E-state index in [0.29, 0.717) is 24.7 Å². The molecule has 1 saturated heterocycles. The molecule has 2 aromatic heterocycles. The van der Waals surface area contributed by atoms with E-state index in [1.807, 2.05) is 43.3 Å². The molecule has 28 heavy (non-hydrogen) atoms. The van der Waals surface area contributed by atoms with Gasteiger partial charge in [-0.05, 0) is 36.8 Å². The summed E-state index contributed by atoms with van der Waals surface area (Å²) in [7, 11) is 0. The summed E-state index contributed by atoms with van der Waals surface area (Å²) in [4.78, 5) is 19.1. The molecule has 4 rings (SSSR count). The SMILES string of the molecule is CC1CN(c2n[nH]c(-c3ccc(Cl)cc3)c2-c2ccncc2)CCN1C(=O)O. The molecule has 1 aliphatic rings. The summed E-state index contributed by atoms with van der Waals surface area (Å²) in [5, 5.41) is 17.8. The van der Waals surface area contributed by atoms with Gasteiger partial charge in [0.2, 0.25) is 0 Å². The number of benzene rings is 1. The number of carboxylic acid groups (broad SMARTS) is 1. The van der Waals surface area contributed by atoms with E-state index >= 15 is 0 Å². The van der Waals surface area contributed by atoms with Crippen molar-refractivity contribution in [3.63, 3.8) is 0 Å². The predicted octanol–water partition coefficient (Wildman–Crippen LogP) is 3.98. The number of hydrogen-bond donors (Lipinski definition) is 2. The zero-order valence-electron chi connectivity index (χ0n) is 15.3. The number of amides is 1. The first-order chi connectivity index (χ1) is 13.5. The number of nitrogens with one attached hydrogen (secondary N) is 1. The van der Waals surface area contributed by atoms with Gasteiger partial charge in [0.1, 0.15) is 0 Å². The highest BCUT2D eigenvalue weighted by molar-refractivity contribution is 6.30. The van der Waals surface area contributed by atoms with Crippen molar-refractivity contribution < 1.29 is 9.90 Å². The maximum Gasteiger partial charge on any atom is 0.407 e. The predicted molar refractivity (Wildman–Crippen MR) is 109 cm³/mol. The Morgan fingerprint density at radius 1 is 1.14 bits per heavy atom. The number of aromatic amines is 1. The van der Waals surface area contributed by atoms with Crippen molar-refractivity contribution in [3.05, 3.63) is 53.8 Å². The lowest BCUT2D eigenvalue weighted by atomic mass is 10.0. The summed E-state index contributed by atoms with van der Waals surface area (Å²) in [5.41, 5.74) is 3.84. The summed E-state index contributed by atoms with van der Waals surface area (Å²) >= 11 is 6.04. The van der Waals surface area contributed by atoms with Gasteiger partial charge < -0.3 is 14.9 Å². The molecule has 1 atom stereocenters. The second-order valence-electron chi connectivity index (χ2n) is 6.81. The molecule has 1 amide bonds. The lowest BCUT2D eigenvalue weighted by molar-refractivity contribution is 0.122. The van der Waals surface area contributed by atoms with E-state index in [1.54, 1.807) is 12.4 Å². The molecule has 3 heterocycles. The minimum Gasteiger partial charge on any atom is -0.465 e. The lowest BCUT2D eigenvalue weighted by Gasteiger charge is -2.38. The Morgan fingerprint density at radius 3 is 2.50 bits per heavy atom. The van der Waals surface area contributed by atoms with E-state index in [2.05, 4.69) is 20.1 Å². The molecule has 1 fully saturated rings. The second kappa shape index (κ2) is 7.52. The summed E-state index contributed by atoms with van der Waals surface area (Å²) in [6.45, 7) is 3.52. The van der Waals surface area contributed by atoms with E-state index in [-0.39, 0.29) is 6.04 Å². The molecule has 2 N–H and O–H groups in total. The zero-order chi connectivity index (χ0) is 19.7.